The number of rotatable bonds is 5. The van der Waals surface area contributed by atoms with Gasteiger partial charge in [0.05, 0.1) is 0 Å². The number of aromatic nitrogens is 4. The van der Waals surface area contributed by atoms with Gasteiger partial charge in [-0.25, -0.2) is 19.9 Å². The quantitative estimate of drug-likeness (QED) is 0.848. The molecule has 1 aliphatic heterocycles. The van der Waals surface area contributed by atoms with Crippen molar-refractivity contribution < 1.29 is 4.79 Å². The van der Waals surface area contributed by atoms with Crippen molar-refractivity contribution >= 4 is 17.5 Å². The SMILES string of the molecule is Cc1nc(C(=O)N(C)C)nc(N2CC[C@@H](Nc3ccnc(C(C)C)n3)C2)c1C. The molecule has 0 saturated carbocycles. The molecule has 1 aliphatic rings. The zero-order valence-electron chi connectivity index (χ0n) is 17.5. The molecule has 0 unspecified atom stereocenters. The number of hydrogen-bond donors (Lipinski definition) is 1. The Hall–Kier alpha value is -2.77. The third kappa shape index (κ3) is 4.21. The summed E-state index contributed by atoms with van der Waals surface area (Å²) in [4.78, 5) is 33.9. The number of nitrogens with zero attached hydrogens (tertiary/aromatic N) is 6. The van der Waals surface area contributed by atoms with Crippen LogP contribution in [0.1, 0.15) is 53.9 Å². The zero-order valence-corrected chi connectivity index (χ0v) is 17.5. The zero-order chi connectivity index (χ0) is 20.4. The Balaban J connectivity index is 1.76. The number of carbonyl (C=O) groups excluding carboxylic acids is 1. The van der Waals surface area contributed by atoms with Crippen LogP contribution in [0.4, 0.5) is 11.6 Å². The maximum atomic E-state index is 12.3. The van der Waals surface area contributed by atoms with Crippen LogP contribution < -0.4 is 10.2 Å². The molecule has 1 saturated heterocycles. The Kier molecular flexibility index (Phi) is 5.76. The number of nitrogens with one attached hydrogen (secondary N) is 1. The molecule has 28 heavy (non-hydrogen) atoms. The molecule has 0 bridgehead atoms. The van der Waals surface area contributed by atoms with E-state index in [9.17, 15) is 4.79 Å². The van der Waals surface area contributed by atoms with Crippen LogP contribution in [0.5, 0.6) is 0 Å². The third-order valence-electron chi connectivity index (χ3n) is 4.99. The molecule has 0 aliphatic carbocycles. The summed E-state index contributed by atoms with van der Waals surface area (Å²) in [5, 5.41) is 3.51. The Morgan fingerprint density at radius 3 is 2.68 bits per heavy atom. The maximum Gasteiger partial charge on any atom is 0.291 e. The van der Waals surface area contributed by atoms with E-state index in [2.05, 4.69) is 44.0 Å². The molecule has 3 heterocycles. The van der Waals surface area contributed by atoms with E-state index in [0.717, 1.165) is 48.2 Å². The normalized spacial score (nSPS) is 16.5. The molecule has 1 amide bonds. The lowest BCUT2D eigenvalue weighted by Crippen LogP contribution is -2.30. The van der Waals surface area contributed by atoms with Crippen molar-refractivity contribution in [2.24, 2.45) is 0 Å². The first kappa shape index (κ1) is 20.0. The largest absolute Gasteiger partial charge is 0.365 e. The van der Waals surface area contributed by atoms with E-state index >= 15 is 0 Å². The topological polar surface area (TPSA) is 87.1 Å². The van der Waals surface area contributed by atoms with Crippen LogP contribution in [-0.2, 0) is 0 Å². The molecule has 3 rings (SSSR count). The lowest BCUT2D eigenvalue weighted by molar-refractivity contribution is 0.0815. The Bertz CT molecular complexity index is 866. The smallest absolute Gasteiger partial charge is 0.291 e. The number of hydrogen-bond acceptors (Lipinski definition) is 7. The van der Waals surface area contributed by atoms with Gasteiger partial charge in [-0.15, -0.1) is 0 Å². The average Bonchev–Trinajstić information content (AvgIpc) is 3.11. The van der Waals surface area contributed by atoms with Crippen molar-refractivity contribution in [3.8, 4) is 0 Å². The van der Waals surface area contributed by atoms with Gasteiger partial charge in [0.2, 0.25) is 5.82 Å². The highest BCUT2D eigenvalue weighted by Crippen LogP contribution is 2.25. The van der Waals surface area contributed by atoms with Crippen molar-refractivity contribution in [2.75, 3.05) is 37.4 Å². The Labute approximate surface area is 166 Å². The van der Waals surface area contributed by atoms with Crippen molar-refractivity contribution in [2.45, 2.75) is 46.1 Å². The third-order valence-corrected chi connectivity index (χ3v) is 4.99. The van der Waals surface area contributed by atoms with E-state index in [1.807, 2.05) is 19.9 Å². The summed E-state index contributed by atoms with van der Waals surface area (Å²) >= 11 is 0. The number of anilines is 2. The minimum atomic E-state index is -0.180. The van der Waals surface area contributed by atoms with E-state index in [1.54, 1.807) is 20.3 Å². The second-order valence-corrected chi connectivity index (χ2v) is 7.81. The monoisotopic (exact) mass is 383 g/mol. The highest BCUT2D eigenvalue weighted by Gasteiger charge is 2.27. The molecule has 1 fully saturated rings. The highest BCUT2D eigenvalue weighted by molar-refractivity contribution is 5.90. The molecule has 1 N–H and O–H groups in total. The number of carbonyl (C=O) groups is 1. The lowest BCUT2D eigenvalue weighted by Gasteiger charge is -2.22. The first-order valence-electron chi connectivity index (χ1n) is 9.67. The van der Waals surface area contributed by atoms with Crippen molar-refractivity contribution in [3.05, 3.63) is 35.2 Å². The van der Waals surface area contributed by atoms with Crippen molar-refractivity contribution in [1.29, 1.82) is 0 Å². The van der Waals surface area contributed by atoms with Gasteiger partial charge in [0, 0.05) is 56.6 Å². The Morgan fingerprint density at radius 2 is 2.00 bits per heavy atom. The van der Waals surface area contributed by atoms with Crippen LogP contribution >= 0.6 is 0 Å². The van der Waals surface area contributed by atoms with Crippen molar-refractivity contribution in [1.82, 2.24) is 24.8 Å². The van der Waals surface area contributed by atoms with Gasteiger partial charge in [-0.1, -0.05) is 13.8 Å². The van der Waals surface area contributed by atoms with Gasteiger partial charge in [0.15, 0.2) is 0 Å². The van der Waals surface area contributed by atoms with Crippen molar-refractivity contribution in [3.63, 3.8) is 0 Å². The molecule has 0 spiro atoms. The summed E-state index contributed by atoms with van der Waals surface area (Å²) in [7, 11) is 3.42. The maximum absolute atomic E-state index is 12.3. The molecule has 2 aromatic rings. The minimum absolute atomic E-state index is 0.180. The van der Waals surface area contributed by atoms with Gasteiger partial charge in [0.1, 0.15) is 17.5 Å². The number of amides is 1. The van der Waals surface area contributed by atoms with E-state index in [0.29, 0.717) is 5.92 Å². The molecule has 2 aromatic heterocycles. The number of aryl methyl sites for hydroxylation is 1. The van der Waals surface area contributed by atoms with Crippen LogP contribution in [0.3, 0.4) is 0 Å². The molecular weight excluding hydrogens is 354 g/mol. The molecule has 8 nitrogen and oxygen atoms in total. The predicted octanol–water partition coefficient (Wildman–Crippen LogP) is 2.40. The van der Waals surface area contributed by atoms with Crippen LogP contribution in [0, 0.1) is 13.8 Å². The van der Waals surface area contributed by atoms with Gasteiger partial charge in [-0.3, -0.25) is 4.79 Å². The first-order valence-corrected chi connectivity index (χ1v) is 9.67. The first-order chi connectivity index (χ1) is 13.3. The van der Waals surface area contributed by atoms with Gasteiger partial charge < -0.3 is 15.1 Å². The summed E-state index contributed by atoms with van der Waals surface area (Å²) < 4.78 is 0. The summed E-state index contributed by atoms with van der Waals surface area (Å²) in [5.74, 6) is 2.89. The summed E-state index contributed by atoms with van der Waals surface area (Å²) in [6, 6.07) is 2.17. The molecule has 1 atom stereocenters. The Morgan fingerprint density at radius 1 is 1.25 bits per heavy atom. The minimum Gasteiger partial charge on any atom is -0.365 e. The van der Waals surface area contributed by atoms with Crippen LogP contribution in [0.15, 0.2) is 12.3 Å². The van der Waals surface area contributed by atoms with E-state index < -0.39 is 0 Å². The van der Waals surface area contributed by atoms with Gasteiger partial charge >= 0.3 is 0 Å². The molecule has 0 radical (unpaired) electrons. The fourth-order valence-corrected chi connectivity index (χ4v) is 3.23. The predicted molar refractivity (Wildman–Crippen MR) is 110 cm³/mol. The fourth-order valence-electron chi connectivity index (χ4n) is 3.23. The van der Waals surface area contributed by atoms with Crippen LogP contribution in [0.2, 0.25) is 0 Å². The molecule has 8 heteroatoms. The second kappa shape index (κ2) is 8.08. The van der Waals surface area contributed by atoms with E-state index in [4.69, 9.17) is 0 Å². The molecule has 150 valence electrons. The van der Waals surface area contributed by atoms with Gasteiger partial charge in [-0.05, 0) is 26.3 Å². The lowest BCUT2D eigenvalue weighted by atomic mass is 10.2. The average molecular weight is 384 g/mol. The summed E-state index contributed by atoms with van der Waals surface area (Å²) in [6.07, 6.45) is 2.77. The van der Waals surface area contributed by atoms with Gasteiger partial charge in [-0.2, -0.15) is 0 Å². The molecule has 0 aromatic carbocycles. The fraction of sp³-hybridized carbons (Fsp3) is 0.550. The van der Waals surface area contributed by atoms with E-state index in [-0.39, 0.29) is 17.8 Å². The van der Waals surface area contributed by atoms with Crippen LogP contribution in [-0.4, -0.2) is 64.0 Å². The standard InChI is InChI=1S/C20H29N7O/c1-12(2)17-21-9-7-16(24-17)23-15-8-10-27(11-15)19-13(3)14(4)22-18(25-19)20(28)26(5)6/h7,9,12,15H,8,10-11H2,1-6H3,(H,21,23,24)/t15-/m1/s1. The van der Waals surface area contributed by atoms with E-state index in [1.165, 1.54) is 4.90 Å². The molecular formula is C20H29N7O. The highest BCUT2D eigenvalue weighted by atomic mass is 16.2. The summed E-state index contributed by atoms with van der Waals surface area (Å²) in [5.41, 5.74) is 1.85. The van der Waals surface area contributed by atoms with Crippen LogP contribution in [0.25, 0.3) is 0 Å². The summed E-state index contributed by atoms with van der Waals surface area (Å²) in [6.45, 7) is 9.77. The second-order valence-electron chi connectivity index (χ2n) is 7.81. The van der Waals surface area contributed by atoms with Gasteiger partial charge in [0.25, 0.3) is 5.91 Å².